The highest BCUT2D eigenvalue weighted by Gasteiger charge is 2.21. The van der Waals surface area contributed by atoms with E-state index in [2.05, 4.69) is 9.88 Å². The lowest BCUT2D eigenvalue weighted by Crippen LogP contribution is -3.13. The minimum Gasteiger partial charge on any atom is -0.508 e. The molecule has 1 saturated heterocycles. The maximum absolute atomic E-state index is 12.1. The van der Waals surface area contributed by atoms with Crippen molar-refractivity contribution in [2.24, 2.45) is 0 Å². The first-order valence-electron chi connectivity index (χ1n) is 8.02. The van der Waals surface area contributed by atoms with Crippen LogP contribution in [0.2, 0.25) is 0 Å². The van der Waals surface area contributed by atoms with Crippen LogP contribution >= 0.6 is 11.3 Å². The molecule has 0 spiro atoms. The summed E-state index contributed by atoms with van der Waals surface area (Å²) in [4.78, 5) is 21.2. The zero-order valence-electron chi connectivity index (χ0n) is 13.2. The number of phenolic OH excluding ortho intramolecular Hbond substituents is 1. The highest BCUT2D eigenvalue weighted by molar-refractivity contribution is 7.15. The molecule has 1 aliphatic heterocycles. The van der Waals surface area contributed by atoms with Gasteiger partial charge in [-0.05, 0) is 24.3 Å². The summed E-state index contributed by atoms with van der Waals surface area (Å²) in [7, 11) is 0. The number of rotatable bonds is 3. The minimum atomic E-state index is -0.00150. The summed E-state index contributed by atoms with van der Waals surface area (Å²) in [5.74, 6) is 0.296. The number of hydrogen-bond acceptors (Lipinski definition) is 5. The molecule has 6 nitrogen and oxygen atoms in total. The van der Waals surface area contributed by atoms with Crippen LogP contribution in [-0.2, 0) is 6.54 Å². The monoisotopic (exact) mass is 343 g/mol. The van der Waals surface area contributed by atoms with Crippen molar-refractivity contribution in [3.8, 4) is 5.75 Å². The second-order valence-electron chi connectivity index (χ2n) is 6.07. The number of nitrogens with zero attached hydrogens (tertiary/aromatic N) is 3. The van der Waals surface area contributed by atoms with Crippen LogP contribution in [-0.4, -0.2) is 40.7 Å². The van der Waals surface area contributed by atoms with Crippen molar-refractivity contribution in [1.82, 2.24) is 9.38 Å². The maximum atomic E-state index is 12.1. The number of piperazine rings is 1. The molecule has 2 aromatic heterocycles. The third kappa shape index (κ3) is 3.00. The fraction of sp³-hybridized carbons (Fsp3) is 0.294. The number of hydrogen-bond donors (Lipinski definition) is 2. The van der Waals surface area contributed by atoms with Gasteiger partial charge in [0.1, 0.15) is 18.0 Å². The van der Waals surface area contributed by atoms with Crippen LogP contribution in [0.15, 0.2) is 46.7 Å². The fourth-order valence-corrected chi connectivity index (χ4v) is 3.89. The molecule has 3 heterocycles. The highest BCUT2D eigenvalue weighted by Crippen LogP contribution is 2.18. The zero-order valence-corrected chi connectivity index (χ0v) is 14.0. The van der Waals surface area contributed by atoms with E-state index in [0.717, 1.165) is 49.1 Å². The number of quaternary nitrogens is 1. The number of aromatic hydroxyl groups is 1. The zero-order chi connectivity index (χ0) is 16.5. The van der Waals surface area contributed by atoms with Crippen LogP contribution < -0.4 is 15.4 Å². The first-order valence-corrected chi connectivity index (χ1v) is 8.90. The van der Waals surface area contributed by atoms with Gasteiger partial charge < -0.3 is 14.9 Å². The van der Waals surface area contributed by atoms with Crippen molar-refractivity contribution in [1.29, 1.82) is 0 Å². The van der Waals surface area contributed by atoms with Crippen molar-refractivity contribution >= 4 is 22.0 Å². The molecule has 1 aromatic carbocycles. The van der Waals surface area contributed by atoms with Crippen molar-refractivity contribution < 1.29 is 10.0 Å². The number of nitrogens with one attached hydrogen (secondary N) is 1. The Morgan fingerprint density at radius 3 is 2.71 bits per heavy atom. The van der Waals surface area contributed by atoms with Crippen molar-refractivity contribution in [3.63, 3.8) is 0 Å². The summed E-state index contributed by atoms with van der Waals surface area (Å²) >= 11 is 1.49. The van der Waals surface area contributed by atoms with Gasteiger partial charge in [-0.3, -0.25) is 9.20 Å². The van der Waals surface area contributed by atoms with Gasteiger partial charge in [0.05, 0.1) is 26.2 Å². The minimum absolute atomic E-state index is 0.00150. The molecule has 3 aromatic rings. The lowest BCUT2D eigenvalue weighted by molar-refractivity contribution is -0.914. The first-order chi connectivity index (χ1) is 11.7. The lowest BCUT2D eigenvalue weighted by Gasteiger charge is -2.33. The first kappa shape index (κ1) is 15.2. The van der Waals surface area contributed by atoms with E-state index in [0.29, 0.717) is 5.75 Å². The fourth-order valence-electron chi connectivity index (χ4n) is 3.16. The molecular formula is C17H19N4O2S+. The summed E-state index contributed by atoms with van der Waals surface area (Å²) < 4.78 is 1.59. The van der Waals surface area contributed by atoms with Crippen LogP contribution in [0.1, 0.15) is 5.69 Å². The number of anilines is 1. The normalized spacial score (nSPS) is 15.9. The van der Waals surface area contributed by atoms with Crippen LogP contribution in [0, 0.1) is 0 Å². The van der Waals surface area contributed by atoms with Gasteiger partial charge in [0.2, 0.25) is 0 Å². The number of aromatic nitrogens is 2. The molecule has 0 radical (unpaired) electrons. The van der Waals surface area contributed by atoms with E-state index in [-0.39, 0.29) is 5.56 Å². The quantitative estimate of drug-likeness (QED) is 0.721. The summed E-state index contributed by atoms with van der Waals surface area (Å²) in [5.41, 5.74) is 2.01. The predicted octanol–water partition coefficient (Wildman–Crippen LogP) is 0.367. The van der Waals surface area contributed by atoms with Gasteiger partial charge in [-0.25, -0.2) is 4.98 Å². The third-order valence-electron chi connectivity index (χ3n) is 4.47. The molecule has 4 rings (SSSR count). The Labute approximate surface area is 143 Å². The molecule has 0 atom stereocenters. The van der Waals surface area contributed by atoms with Gasteiger partial charge in [-0.2, -0.15) is 0 Å². The van der Waals surface area contributed by atoms with E-state index >= 15 is 0 Å². The molecule has 24 heavy (non-hydrogen) atoms. The summed E-state index contributed by atoms with van der Waals surface area (Å²) in [6.07, 6.45) is 1.77. The van der Waals surface area contributed by atoms with Gasteiger partial charge >= 0.3 is 0 Å². The lowest BCUT2D eigenvalue weighted by atomic mass is 10.2. The number of benzene rings is 1. The molecule has 0 saturated carbocycles. The Morgan fingerprint density at radius 1 is 1.21 bits per heavy atom. The topological polar surface area (TPSA) is 62.3 Å². The number of thiazole rings is 1. The van der Waals surface area contributed by atoms with E-state index in [1.165, 1.54) is 16.2 Å². The highest BCUT2D eigenvalue weighted by atomic mass is 32.1. The van der Waals surface area contributed by atoms with E-state index in [9.17, 15) is 9.90 Å². The molecule has 124 valence electrons. The smallest absolute Gasteiger partial charge is 0.258 e. The van der Waals surface area contributed by atoms with Crippen LogP contribution in [0.25, 0.3) is 4.96 Å². The summed E-state index contributed by atoms with van der Waals surface area (Å²) in [6, 6.07) is 9.00. The average molecular weight is 343 g/mol. The van der Waals surface area contributed by atoms with Crippen LogP contribution in [0.5, 0.6) is 5.75 Å². The SMILES string of the molecule is O=c1cc(C[NH+]2CCN(c3ccc(O)cc3)CC2)nc2sccn12. The molecule has 0 unspecified atom stereocenters. The second-order valence-corrected chi connectivity index (χ2v) is 6.94. The summed E-state index contributed by atoms with van der Waals surface area (Å²) in [5, 5.41) is 11.3. The Balaban J connectivity index is 1.42. The number of phenols is 1. The largest absolute Gasteiger partial charge is 0.508 e. The Kier molecular flexibility index (Phi) is 3.95. The van der Waals surface area contributed by atoms with Crippen molar-refractivity contribution in [3.05, 3.63) is 58.0 Å². The van der Waals surface area contributed by atoms with E-state index < -0.39 is 0 Å². The Bertz CT molecular complexity index is 895. The standard InChI is InChI=1S/C17H18N4O2S/c22-15-3-1-14(2-4-15)20-7-5-19(6-8-20)12-13-11-16(23)21-9-10-24-17(21)18-13/h1-4,9-11,22H,5-8,12H2/p+1. The maximum Gasteiger partial charge on any atom is 0.258 e. The molecule has 7 heteroatoms. The number of fused-ring (bicyclic) bond motifs is 1. The van der Waals surface area contributed by atoms with E-state index in [1.54, 1.807) is 28.8 Å². The van der Waals surface area contributed by atoms with Gasteiger partial charge in [0.25, 0.3) is 5.56 Å². The molecule has 2 N–H and O–H groups in total. The average Bonchev–Trinajstić information content (AvgIpc) is 3.05. The van der Waals surface area contributed by atoms with Crippen molar-refractivity contribution in [2.45, 2.75) is 6.54 Å². The Hall–Kier alpha value is -2.38. The van der Waals surface area contributed by atoms with Gasteiger partial charge in [0, 0.05) is 23.3 Å². The van der Waals surface area contributed by atoms with E-state index in [4.69, 9.17) is 0 Å². The van der Waals surface area contributed by atoms with Gasteiger partial charge in [0.15, 0.2) is 4.96 Å². The molecular weight excluding hydrogens is 324 g/mol. The Morgan fingerprint density at radius 2 is 1.96 bits per heavy atom. The molecule has 1 aliphatic rings. The molecule has 0 bridgehead atoms. The molecule has 0 aliphatic carbocycles. The van der Waals surface area contributed by atoms with Crippen LogP contribution in [0.4, 0.5) is 5.69 Å². The molecule has 0 amide bonds. The van der Waals surface area contributed by atoms with Gasteiger partial charge in [-0.15, -0.1) is 11.3 Å². The van der Waals surface area contributed by atoms with Crippen LogP contribution in [0.3, 0.4) is 0 Å². The van der Waals surface area contributed by atoms with Crippen molar-refractivity contribution in [2.75, 3.05) is 31.1 Å². The predicted molar refractivity (Wildman–Crippen MR) is 94.1 cm³/mol. The van der Waals surface area contributed by atoms with E-state index in [1.807, 2.05) is 17.5 Å². The molecule has 1 fully saturated rings. The van der Waals surface area contributed by atoms with Gasteiger partial charge in [-0.1, -0.05) is 0 Å². The summed E-state index contributed by atoms with van der Waals surface area (Å²) in [6.45, 7) is 4.71. The second kappa shape index (κ2) is 6.26. The third-order valence-corrected chi connectivity index (χ3v) is 5.23.